The standard InChI is InChI=1S/C18H18F3NO2/c1-24-16-11-14(12-6-3-2-4-7-12)13(10-15(16)22)8-5-9-17(23)18(19,20)21/h2-4,6-7,10-11H,5,8-9,22H2,1H3. The third-order valence-electron chi connectivity index (χ3n) is 3.71. The Kier molecular flexibility index (Phi) is 5.49. The summed E-state index contributed by atoms with van der Waals surface area (Å²) in [6.45, 7) is 0. The number of carbonyl (C=O) groups is 1. The molecule has 0 heterocycles. The van der Waals surface area contributed by atoms with Gasteiger partial charge in [-0.2, -0.15) is 13.2 Å². The first-order valence-corrected chi connectivity index (χ1v) is 7.44. The molecule has 0 fully saturated rings. The van der Waals surface area contributed by atoms with E-state index in [1.807, 2.05) is 30.3 Å². The summed E-state index contributed by atoms with van der Waals surface area (Å²) in [5.41, 5.74) is 8.85. The Morgan fingerprint density at radius 3 is 2.42 bits per heavy atom. The van der Waals surface area contributed by atoms with Crippen LogP contribution in [-0.4, -0.2) is 19.1 Å². The van der Waals surface area contributed by atoms with Crippen LogP contribution in [0.15, 0.2) is 42.5 Å². The van der Waals surface area contributed by atoms with E-state index in [4.69, 9.17) is 10.5 Å². The molecular weight excluding hydrogens is 319 g/mol. The predicted octanol–water partition coefficient (Wildman–Crippen LogP) is 4.40. The summed E-state index contributed by atoms with van der Waals surface area (Å²) in [4.78, 5) is 11.0. The molecule has 0 unspecified atom stereocenters. The Morgan fingerprint density at radius 1 is 1.17 bits per heavy atom. The molecule has 0 bridgehead atoms. The van der Waals surface area contributed by atoms with Gasteiger partial charge in [-0.25, -0.2) is 0 Å². The molecule has 0 aliphatic rings. The quantitative estimate of drug-likeness (QED) is 0.795. The summed E-state index contributed by atoms with van der Waals surface area (Å²) in [7, 11) is 1.50. The zero-order valence-electron chi connectivity index (χ0n) is 13.2. The van der Waals surface area contributed by atoms with Gasteiger partial charge in [0, 0.05) is 6.42 Å². The first kappa shape index (κ1) is 17.8. The summed E-state index contributed by atoms with van der Waals surface area (Å²) in [5, 5.41) is 0. The Morgan fingerprint density at radius 2 is 1.83 bits per heavy atom. The summed E-state index contributed by atoms with van der Waals surface area (Å²) in [6, 6.07) is 12.9. The van der Waals surface area contributed by atoms with Crippen LogP contribution in [0.5, 0.6) is 5.75 Å². The highest BCUT2D eigenvalue weighted by Crippen LogP contribution is 2.33. The molecule has 0 spiro atoms. The Labute approximate surface area is 138 Å². The minimum Gasteiger partial charge on any atom is -0.495 e. The number of nitrogens with two attached hydrogens (primary N) is 1. The van der Waals surface area contributed by atoms with E-state index in [0.717, 1.165) is 16.7 Å². The van der Waals surface area contributed by atoms with Crippen LogP contribution < -0.4 is 10.5 Å². The van der Waals surface area contributed by atoms with Crippen LogP contribution in [0.2, 0.25) is 0 Å². The van der Waals surface area contributed by atoms with E-state index in [2.05, 4.69) is 0 Å². The first-order chi connectivity index (χ1) is 11.3. The third kappa shape index (κ3) is 4.28. The molecule has 2 N–H and O–H groups in total. The fraction of sp³-hybridized carbons (Fsp3) is 0.278. The van der Waals surface area contributed by atoms with Gasteiger partial charge in [0.2, 0.25) is 5.78 Å². The molecule has 0 aliphatic carbocycles. The van der Waals surface area contributed by atoms with Gasteiger partial charge in [0.25, 0.3) is 0 Å². The molecular formula is C18H18F3NO2. The Balaban J connectivity index is 2.25. The maximum atomic E-state index is 12.3. The van der Waals surface area contributed by atoms with Gasteiger partial charge in [-0.3, -0.25) is 4.79 Å². The number of alkyl halides is 3. The van der Waals surface area contributed by atoms with Crippen LogP contribution in [0.4, 0.5) is 18.9 Å². The zero-order valence-corrected chi connectivity index (χ0v) is 13.2. The number of anilines is 1. The van der Waals surface area contributed by atoms with Gasteiger partial charge in [0.1, 0.15) is 5.75 Å². The predicted molar refractivity (Wildman–Crippen MR) is 86.8 cm³/mol. The van der Waals surface area contributed by atoms with Crippen molar-refractivity contribution < 1.29 is 22.7 Å². The number of halogens is 3. The molecule has 0 radical (unpaired) electrons. The van der Waals surface area contributed by atoms with E-state index in [1.54, 1.807) is 12.1 Å². The molecule has 2 aromatic rings. The molecule has 0 atom stereocenters. The fourth-order valence-corrected chi connectivity index (χ4v) is 2.49. The van der Waals surface area contributed by atoms with Crippen LogP contribution in [0.3, 0.4) is 0 Å². The van der Waals surface area contributed by atoms with Gasteiger partial charge in [-0.15, -0.1) is 0 Å². The summed E-state index contributed by atoms with van der Waals surface area (Å²) >= 11 is 0. The van der Waals surface area contributed by atoms with Crippen molar-refractivity contribution in [2.75, 3.05) is 12.8 Å². The van der Waals surface area contributed by atoms with E-state index < -0.39 is 18.4 Å². The third-order valence-corrected chi connectivity index (χ3v) is 3.71. The summed E-state index contributed by atoms with van der Waals surface area (Å²) in [5.74, 6) is -1.20. The number of rotatable bonds is 6. The van der Waals surface area contributed by atoms with Gasteiger partial charge < -0.3 is 10.5 Å². The van der Waals surface area contributed by atoms with Crippen molar-refractivity contribution in [2.24, 2.45) is 0 Å². The lowest BCUT2D eigenvalue weighted by Gasteiger charge is -2.14. The highest BCUT2D eigenvalue weighted by atomic mass is 19.4. The highest BCUT2D eigenvalue weighted by molar-refractivity contribution is 5.84. The van der Waals surface area contributed by atoms with E-state index in [9.17, 15) is 18.0 Å². The molecule has 2 aromatic carbocycles. The van der Waals surface area contributed by atoms with Crippen molar-refractivity contribution in [1.29, 1.82) is 0 Å². The molecule has 0 aromatic heterocycles. The van der Waals surface area contributed by atoms with Crippen molar-refractivity contribution >= 4 is 11.5 Å². The lowest BCUT2D eigenvalue weighted by molar-refractivity contribution is -0.171. The van der Waals surface area contributed by atoms with Crippen molar-refractivity contribution in [3.63, 3.8) is 0 Å². The monoisotopic (exact) mass is 337 g/mol. The fourth-order valence-electron chi connectivity index (χ4n) is 2.49. The average Bonchev–Trinajstić information content (AvgIpc) is 2.55. The Hall–Kier alpha value is -2.50. The zero-order chi connectivity index (χ0) is 17.7. The molecule has 6 heteroatoms. The van der Waals surface area contributed by atoms with Crippen molar-refractivity contribution in [2.45, 2.75) is 25.4 Å². The second-order valence-corrected chi connectivity index (χ2v) is 5.39. The molecule has 2 rings (SSSR count). The van der Waals surface area contributed by atoms with Gasteiger partial charge in [-0.05, 0) is 41.7 Å². The van der Waals surface area contributed by atoms with E-state index in [-0.39, 0.29) is 6.42 Å². The maximum absolute atomic E-state index is 12.3. The SMILES string of the molecule is COc1cc(-c2ccccc2)c(CCCC(=O)C(F)(F)F)cc1N. The smallest absolute Gasteiger partial charge is 0.449 e. The number of Topliss-reactive ketones (excluding diaryl/α,β-unsaturated/α-hetero) is 1. The molecule has 24 heavy (non-hydrogen) atoms. The minimum absolute atomic E-state index is 0.101. The van der Waals surface area contributed by atoms with Crippen molar-refractivity contribution in [1.82, 2.24) is 0 Å². The number of ether oxygens (including phenoxy) is 1. The number of nitrogen functional groups attached to an aromatic ring is 1. The van der Waals surface area contributed by atoms with Gasteiger partial charge in [-0.1, -0.05) is 30.3 Å². The number of hydrogen-bond donors (Lipinski definition) is 1. The maximum Gasteiger partial charge on any atom is 0.449 e. The van der Waals surface area contributed by atoms with Crippen LogP contribution in [-0.2, 0) is 11.2 Å². The van der Waals surface area contributed by atoms with E-state index >= 15 is 0 Å². The number of hydrogen-bond acceptors (Lipinski definition) is 3. The van der Waals surface area contributed by atoms with Crippen molar-refractivity contribution in [3.8, 4) is 16.9 Å². The highest BCUT2D eigenvalue weighted by Gasteiger charge is 2.37. The Bertz CT molecular complexity index is 712. The van der Waals surface area contributed by atoms with Gasteiger partial charge in [0.05, 0.1) is 12.8 Å². The van der Waals surface area contributed by atoms with Crippen LogP contribution in [0.25, 0.3) is 11.1 Å². The minimum atomic E-state index is -4.78. The van der Waals surface area contributed by atoms with Crippen LogP contribution in [0, 0.1) is 0 Å². The first-order valence-electron chi connectivity index (χ1n) is 7.44. The molecule has 0 saturated heterocycles. The number of ketones is 1. The summed E-state index contributed by atoms with van der Waals surface area (Å²) < 4.78 is 42.1. The van der Waals surface area contributed by atoms with Crippen LogP contribution >= 0.6 is 0 Å². The molecule has 0 aliphatic heterocycles. The second-order valence-electron chi connectivity index (χ2n) is 5.39. The molecule has 0 amide bonds. The molecule has 0 saturated carbocycles. The number of aryl methyl sites for hydroxylation is 1. The molecule has 128 valence electrons. The van der Waals surface area contributed by atoms with Crippen molar-refractivity contribution in [3.05, 3.63) is 48.0 Å². The lowest BCUT2D eigenvalue weighted by atomic mass is 9.94. The largest absolute Gasteiger partial charge is 0.495 e. The van der Waals surface area contributed by atoms with E-state index in [0.29, 0.717) is 17.9 Å². The summed E-state index contributed by atoms with van der Waals surface area (Å²) in [6.07, 6.45) is -4.89. The second kappa shape index (κ2) is 7.38. The lowest BCUT2D eigenvalue weighted by Crippen LogP contribution is -2.22. The number of methoxy groups -OCH3 is 1. The van der Waals surface area contributed by atoms with Crippen LogP contribution in [0.1, 0.15) is 18.4 Å². The number of benzene rings is 2. The average molecular weight is 337 g/mol. The number of carbonyl (C=O) groups excluding carboxylic acids is 1. The van der Waals surface area contributed by atoms with E-state index in [1.165, 1.54) is 7.11 Å². The normalized spacial score (nSPS) is 11.3. The van der Waals surface area contributed by atoms with Gasteiger partial charge in [0.15, 0.2) is 0 Å². The van der Waals surface area contributed by atoms with Gasteiger partial charge >= 0.3 is 6.18 Å². The molecule has 3 nitrogen and oxygen atoms in total. The topological polar surface area (TPSA) is 52.3 Å².